The van der Waals surface area contributed by atoms with Crippen molar-refractivity contribution in [1.82, 2.24) is 4.98 Å². The Morgan fingerprint density at radius 2 is 2.00 bits per heavy atom. The van der Waals surface area contributed by atoms with Crippen molar-refractivity contribution >= 4 is 12.6 Å². The summed E-state index contributed by atoms with van der Waals surface area (Å²) in [6.45, 7) is 2.78. The van der Waals surface area contributed by atoms with Crippen LogP contribution >= 0.6 is 0 Å². The molecule has 0 aliphatic rings. The molecule has 0 fully saturated rings. The Morgan fingerprint density at radius 3 is 2.43 bits per heavy atom. The summed E-state index contributed by atoms with van der Waals surface area (Å²) in [5.74, 6) is -0.818. The molecule has 0 aliphatic heterocycles. The average Bonchev–Trinajstić information content (AvgIpc) is 2.02. The van der Waals surface area contributed by atoms with Gasteiger partial charge >= 0.3 is 7.12 Å². The molecular formula is C8H11BFNO3. The fourth-order valence-electron chi connectivity index (χ4n) is 1.03. The lowest BCUT2D eigenvalue weighted by Crippen LogP contribution is -2.33. The third kappa shape index (κ3) is 2.28. The molecule has 0 unspecified atom stereocenters. The molecule has 3 N–H and O–H groups in total. The minimum Gasteiger partial charge on any atom is -0.423 e. The Kier molecular flexibility index (Phi) is 2.89. The number of nitrogens with zero attached hydrogens (tertiary/aromatic N) is 1. The first-order chi connectivity index (χ1) is 6.32. The molecule has 0 radical (unpaired) electrons. The van der Waals surface area contributed by atoms with Gasteiger partial charge in [-0.15, -0.1) is 0 Å². The minimum absolute atomic E-state index is 0.0449. The second kappa shape index (κ2) is 3.64. The van der Waals surface area contributed by atoms with Crippen LogP contribution < -0.4 is 5.46 Å². The number of halogens is 1. The molecule has 0 saturated carbocycles. The predicted molar refractivity (Wildman–Crippen MR) is 49.3 cm³/mol. The Morgan fingerprint density at radius 1 is 1.43 bits per heavy atom. The zero-order valence-corrected chi connectivity index (χ0v) is 7.90. The molecule has 0 atom stereocenters. The third-order valence-corrected chi connectivity index (χ3v) is 1.82. The molecule has 0 aromatic carbocycles. The van der Waals surface area contributed by atoms with Crippen LogP contribution in [-0.2, 0) is 5.60 Å². The summed E-state index contributed by atoms with van der Waals surface area (Å²) in [5.41, 5.74) is -1.42. The average molecular weight is 199 g/mol. The quantitative estimate of drug-likeness (QED) is 0.427. The van der Waals surface area contributed by atoms with E-state index in [2.05, 4.69) is 4.98 Å². The van der Waals surface area contributed by atoms with E-state index < -0.39 is 18.7 Å². The van der Waals surface area contributed by atoms with Gasteiger partial charge in [-0.1, -0.05) is 6.07 Å². The monoisotopic (exact) mass is 199 g/mol. The van der Waals surface area contributed by atoms with Gasteiger partial charge in [-0.3, -0.25) is 0 Å². The zero-order chi connectivity index (χ0) is 10.9. The fourth-order valence-corrected chi connectivity index (χ4v) is 1.03. The van der Waals surface area contributed by atoms with Crippen LogP contribution in [0.1, 0.15) is 19.4 Å². The molecule has 14 heavy (non-hydrogen) atoms. The lowest BCUT2D eigenvalue weighted by Gasteiger charge is -2.18. The van der Waals surface area contributed by atoms with E-state index in [1.54, 1.807) is 0 Å². The highest BCUT2D eigenvalue weighted by molar-refractivity contribution is 6.58. The summed E-state index contributed by atoms with van der Waals surface area (Å²) in [5, 5.41) is 27.2. The standard InChI is InChI=1S/C8H11BFNO3/c1-8(2,12)6-3-5(9(13)14)4-11-7(6)10/h3-4,12-14H,1-2H3. The van der Waals surface area contributed by atoms with E-state index in [1.807, 2.05) is 0 Å². The highest BCUT2D eigenvalue weighted by Gasteiger charge is 2.24. The van der Waals surface area contributed by atoms with E-state index in [1.165, 1.54) is 19.9 Å². The maximum atomic E-state index is 13.1. The summed E-state index contributed by atoms with van der Waals surface area (Å²) in [7, 11) is -1.72. The fraction of sp³-hybridized carbons (Fsp3) is 0.375. The summed E-state index contributed by atoms with van der Waals surface area (Å²) < 4.78 is 13.1. The van der Waals surface area contributed by atoms with Gasteiger partial charge in [0.05, 0.1) is 5.60 Å². The minimum atomic E-state index is -1.72. The molecule has 0 spiro atoms. The maximum absolute atomic E-state index is 13.1. The SMILES string of the molecule is CC(C)(O)c1cc(B(O)O)cnc1F. The number of hydrogen-bond acceptors (Lipinski definition) is 4. The first-order valence-electron chi connectivity index (χ1n) is 4.07. The van der Waals surface area contributed by atoms with Crippen molar-refractivity contribution in [3.63, 3.8) is 0 Å². The van der Waals surface area contributed by atoms with Crippen LogP contribution in [0.3, 0.4) is 0 Å². The lowest BCUT2D eigenvalue weighted by molar-refractivity contribution is 0.0737. The van der Waals surface area contributed by atoms with Crippen LogP contribution in [0.4, 0.5) is 4.39 Å². The van der Waals surface area contributed by atoms with Gasteiger partial charge < -0.3 is 15.2 Å². The molecule has 0 saturated heterocycles. The van der Waals surface area contributed by atoms with Gasteiger partial charge in [-0.2, -0.15) is 4.39 Å². The molecule has 1 rings (SSSR count). The molecule has 76 valence electrons. The third-order valence-electron chi connectivity index (χ3n) is 1.82. The Balaban J connectivity index is 3.22. The molecule has 0 amide bonds. The van der Waals surface area contributed by atoms with Gasteiger partial charge in [-0.05, 0) is 13.8 Å². The van der Waals surface area contributed by atoms with Crippen molar-refractivity contribution in [3.8, 4) is 0 Å². The molecule has 1 aromatic heterocycles. The Labute approximate surface area is 81.2 Å². The van der Waals surface area contributed by atoms with Crippen LogP contribution in [0.25, 0.3) is 0 Å². The van der Waals surface area contributed by atoms with Gasteiger partial charge in [0.15, 0.2) is 0 Å². The first-order valence-corrected chi connectivity index (χ1v) is 4.07. The van der Waals surface area contributed by atoms with Crippen LogP contribution in [0.2, 0.25) is 0 Å². The highest BCUT2D eigenvalue weighted by atomic mass is 19.1. The molecule has 4 nitrogen and oxygen atoms in total. The van der Waals surface area contributed by atoms with Crippen molar-refractivity contribution in [3.05, 3.63) is 23.8 Å². The zero-order valence-electron chi connectivity index (χ0n) is 7.90. The van der Waals surface area contributed by atoms with Crippen LogP contribution in [0, 0.1) is 5.95 Å². The normalized spacial score (nSPS) is 11.6. The van der Waals surface area contributed by atoms with Gasteiger partial charge in [0, 0.05) is 17.2 Å². The van der Waals surface area contributed by atoms with E-state index >= 15 is 0 Å². The van der Waals surface area contributed by atoms with E-state index in [9.17, 15) is 9.50 Å². The summed E-state index contributed by atoms with van der Waals surface area (Å²) in [6, 6.07) is 1.17. The second-order valence-electron chi connectivity index (χ2n) is 3.54. The molecule has 0 bridgehead atoms. The molecular weight excluding hydrogens is 188 g/mol. The van der Waals surface area contributed by atoms with Gasteiger partial charge in [0.1, 0.15) is 0 Å². The van der Waals surface area contributed by atoms with Gasteiger partial charge in [-0.25, -0.2) is 4.98 Å². The first kappa shape index (κ1) is 11.1. The Hall–Kier alpha value is -0.975. The van der Waals surface area contributed by atoms with E-state index in [0.29, 0.717) is 0 Å². The molecule has 0 aliphatic carbocycles. The molecule has 6 heteroatoms. The summed E-state index contributed by atoms with van der Waals surface area (Å²) in [6.07, 6.45) is 1.01. The maximum Gasteiger partial charge on any atom is 0.490 e. The molecule has 1 heterocycles. The largest absolute Gasteiger partial charge is 0.490 e. The summed E-state index contributed by atoms with van der Waals surface area (Å²) in [4.78, 5) is 3.32. The van der Waals surface area contributed by atoms with Gasteiger partial charge in [0.25, 0.3) is 0 Å². The molecule has 1 aromatic rings. The number of aromatic nitrogens is 1. The van der Waals surface area contributed by atoms with Crippen LogP contribution in [-0.4, -0.2) is 27.3 Å². The number of rotatable bonds is 2. The van der Waals surface area contributed by atoms with Crippen molar-refractivity contribution in [2.45, 2.75) is 19.4 Å². The highest BCUT2D eigenvalue weighted by Crippen LogP contribution is 2.20. The Bertz CT molecular complexity index is 338. The predicted octanol–water partition coefficient (Wildman–Crippen LogP) is -0.872. The lowest BCUT2D eigenvalue weighted by atomic mass is 9.80. The second-order valence-corrected chi connectivity index (χ2v) is 3.54. The van der Waals surface area contributed by atoms with Crippen molar-refractivity contribution in [2.75, 3.05) is 0 Å². The van der Waals surface area contributed by atoms with Crippen molar-refractivity contribution < 1.29 is 19.5 Å². The van der Waals surface area contributed by atoms with Crippen molar-refractivity contribution in [1.29, 1.82) is 0 Å². The number of aliphatic hydroxyl groups is 1. The van der Waals surface area contributed by atoms with Crippen LogP contribution in [0.5, 0.6) is 0 Å². The topological polar surface area (TPSA) is 73.6 Å². The van der Waals surface area contributed by atoms with Crippen LogP contribution in [0.15, 0.2) is 12.3 Å². The number of hydrogen-bond donors (Lipinski definition) is 3. The summed E-state index contributed by atoms with van der Waals surface area (Å²) >= 11 is 0. The smallest absolute Gasteiger partial charge is 0.423 e. The van der Waals surface area contributed by atoms with E-state index in [-0.39, 0.29) is 11.0 Å². The van der Waals surface area contributed by atoms with E-state index in [0.717, 1.165) is 6.20 Å². The van der Waals surface area contributed by atoms with Crippen molar-refractivity contribution in [2.24, 2.45) is 0 Å². The van der Waals surface area contributed by atoms with E-state index in [4.69, 9.17) is 10.0 Å². The number of pyridine rings is 1. The van der Waals surface area contributed by atoms with Gasteiger partial charge in [0.2, 0.25) is 5.95 Å².